The van der Waals surface area contributed by atoms with Gasteiger partial charge in [0.25, 0.3) is 11.8 Å². The number of aliphatic hydroxyl groups is 1. The maximum atomic E-state index is 12.6. The van der Waals surface area contributed by atoms with Crippen molar-refractivity contribution in [3.05, 3.63) is 35.7 Å². The number of aromatic nitrogens is 5. The first-order valence-corrected chi connectivity index (χ1v) is 10.0. The Morgan fingerprint density at radius 2 is 1.70 bits per heavy atom. The quantitative estimate of drug-likeness (QED) is 0.709. The summed E-state index contributed by atoms with van der Waals surface area (Å²) >= 11 is 0. The summed E-state index contributed by atoms with van der Waals surface area (Å²) < 4.78 is 6.76. The van der Waals surface area contributed by atoms with Crippen LogP contribution in [-0.4, -0.2) is 96.7 Å². The Morgan fingerprint density at radius 3 is 2.37 bits per heavy atom. The lowest BCUT2D eigenvalue weighted by Gasteiger charge is -2.37. The fraction of sp³-hybridized carbons (Fsp3) is 0.579. The zero-order valence-electron chi connectivity index (χ0n) is 16.9. The monoisotopic (exact) mass is 415 g/mol. The number of carbonyl (C=O) groups is 2. The lowest BCUT2D eigenvalue weighted by molar-refractivity contribution is -0.0319. The van der Waals surface area contributed by atoms with Crippen molar-refractivity contribution < 1.29 is 19.4 Å². The standard InChI is InChI=1S/C19H25N7O4/c1-14-10-21-15(11-20-14)17(27)24-4-2-19(29,3-5-24)13-26-12-16(22-23-26)18(28)25-6-8-30-9-7-25/h10-12,29H,2-9,13H2,1H3. The molecule has 1 N–H and O–H groups in total. The van der Waals surface area contributed by atoms with Gasteiger partial charge in [0, 0.05) is 32.4 Å². The van der Waals surface area contributed by atoms with Gasteiger partial charge in [0.1, 0.15) is 5.69 Å². The lowest BCUT2D eigenvalue weighted by atomic mass is 9.91. The summed E-state index contributed by atoms with van der Waals surface area (Å²) in [6, 6.07) is 0. The molecule has 2 fully saturated rings. The summed E-state index contributed by atoms with van der Waals surface area (Å²) in [5.41, 5.74) is 0.279. The molecule has 0 aromatic carbocycles. The zero-order chi connectivity index (χ0) is 21.1. The molecule has 2 aliphatic heterocycles. The summed E-state index contributed by atoms with van der Waals surface area (Å²) in [4.78, 5) is 36.7. The summed E-state index contributed by atoms with van der Waals surface area (Å²) in [6.45, 7) is 4.93. The molecule has 0 unspecified atom stereocenters. The number of amides is 2. The summed E-state index contributed by atoms with van der Waals surface area (Å²) in [5.74, 6) is -0.375. The van der Waals surface area contributed by atoms with E-state index < -0.39 is 5.60 Å². The fourth-order valence-electron chi connectivity index (χ4n) is 3.65. The first kappa shape index (κ1) is 20.4. The molecule has 4 rings (SSSR count). The minimum Gasteiger partial charge on any atom is -0.388 e. The van der Waals surface area contributed by atoms with Crippen LogP contribution in [0.2, 0.25) is 0 Å². The highest BCUT2D eigenvalue weighted by Gasteiger charge is 2.35. The Balaban J connectivity index is 1.33. The molecule has 0 radical (unpaired) electrons. The third kappa shape index (κ3) is 4.46. The van der Waals surface area contributed by atoms with Gasteiger partial charge in [0.05, 0.1) is 43.4 Å². The van der Waals surface area contributed by atoms with Gasteiger partial charge in [-0.2, -0.15) is 0 Å². The molecule has 4 heterocycles. The van der Waals surface area contributed by atoms with Crippen molar-refractivity contribution in [2.45, 2.75) is 31.9 Å². The smallest absolute Gasteiger partial charge is 0.276 e. The van der Waals surface area contributed by atoms with Crippen molar-refractivity contribution >= 4 is 11.8 Å². The van der Waals surface area contributed by atoms with Crippen LogP contribution in [0.4, 0.5) is 0 Å². The Kier molecular flexibility index (Phi) is 5.73. The Hall–Kier alpha value is -2.92. The van der Waals surface area contributed by atoms with Crippen LogP contribution in [0.3, 0.4) is 0 Å². The van der Waals surface area contributed by atoms with Crippen molar-refractivity contribution in [2.75, 3.05) is 39.4 Å². The Bertz CT molecular complexity index is 900. The van der Waals surface area contributed by atoms with Gasteiger partial charge in [-0.05, 0) is 19.8 Å². The molecule has 0 atom stereocenters. The molecule has 2 amide bonds. The molecule has 2 saturated heterocycles. The first-order valence-electron chi connectivity index (χ1n) is 10.0. The molecule has 2 aliphatic rings. The number of aryl methyl sites for hydroxylation is 1. The van der Waals surface area contributed by atoms with Gasteiger partial charge >= 0.3 is 0 Å². The van der Waals surface area contributed by atoms with Gasteiger partial charge in [-0.1, -0.05) is 5.21 Å². The van der Waals surface area contributed by atoms with Crippen molar-refractivity contribution in [1.82, 2.24) is 34.8 Å². The lowest BCUT2D eigenvalue weighted by Crippen LogP contribution is -2.48. The third-order valence-electron chi connectivity index (χ3n) is 5.49. The highest BCUT2D eigenvalue weighted by Crippen LogP contribution is 2.25. The SMILES string of the molecule is Cc1cnc(C(=O)N2CCC(O)(Cn3cc(C(=O)N4CCOCC4)nn3)CC2)cn1. The van der Waals surface area contributed by atoms with Gasteiger partial charge < -0.3 is 19.6 Å². The molecule has 30 heavy (non-hydrogen) atoms. The van der Waals surface area contributed by atoms with E-state index in [4.69, 9.17) is 4.74 Å². The highest BCUT2D eigenvalue weighted by molar-refractivity contribution is 5.92. The average molecular weight is 415 g/mol. The second kappa shape index (κ2) is 8.44. The van der Waals surface area contributed by atoms with Crippen molar-refractivity contribution in [3.8, 4) is 0 Å². The zero-order valence-corrected chi connectivity index (χ0v) is 16.9. The number of ether oxygens (including phenoxy) is 1. The summed E-state index contributed by atoms with van der Waals surface area (Å²) in [5, 5.41) is 18.9. The molecule has 11 nitrogen and oxygen atoms in total. The maximum absolute atomic E-state index is 12.6. The number of likely N-dealkylation sites (tertiary alicyclic amines) is 1. The number of nitrogens with zero attached hydrogens (tertiary/aromatic N) is 7. The topological polar surface area (TPSA) is 127 Å². The van der Waals surface area contributed by atoms with Gasteiger partial charge in [0.15, 0.2) is 5.69 Å². The molecule has 0 saturated carbocycles. The molecule has 160 valence electrons. The van der Waals surface area contributed by atoms with Crippen LogP contribution in [0.15, 0.2) is 18.6 Å². The number of hydrogen-bond donors (Lipinski definition) is 1. The minimum absolute atomic E-state index is 0.184. The van der Waals surface area contributed by atoms with Crippen molar-refractivity contribution in [1.29, 1.82) is 0 Å². The van der Waals surface area contributed by atoms with E-state index in [0.29, 0.717) is 57.9 Å². The molecule has 2 aromatic heterocycles. The van der Waals surface area contributed by atoms with E-state index in [1.165, 1.54) is 10.9 Å². The van der Waals surface area contributed by atoms with E-state index in [9.17, 15) is 14.7 Å². The van der Waals surface area contributed by atoms with E-state index in [1.54, 1.807) is 22.2 Å². The molecule has 0 bridgehead atoms. The largest absolute Gasteiger partial charge is 0.388 e. The fourth-order valence-corrected chi connectivity index (χ4v) is 3.65. The minimum atomic E-state index is -1.03. The van der Waals surface area contributed by atoms with Gasteiger partial charge in [-0.25, -0.2) is 9.67 Å². The predicted molar refractivity (Wildman–Crippen MR) is 104 cm³/mol. The van der Waals surface area contributed by atoms with E-state index in [2.05, 4.69) is 20.3 Å². The van der Waals surface area contributed by atoms with Crippen LogP contribution in [0.1, 0.15) is 39.5 Å². The molecule has 0 spiro atoms. The van der Waals surface area contributed by atoms with Crippen LogP contribution in [0.25, 0.3) is 0 Å². The van der Waals surface area contributed by atoms with Crippen LogP contribution < -0.4 is 0 Å². The second-order valence-corrected chi connectivity index (χ2v) is 7.77. The number of carbonyl (C=O) groups excluding carboxylic acids is 2. The Labute approximate surface area is 173 Å². The predicted octanol–water partition coefficient (Wildman–Crippen LogP) is -0.484. The molecule has 0 aliphatic carbocycles. The van der Waals surface area contributed by atoms with Gasteiger partial charge in [-0.15, -0.1) is 5.10 Å². The van der Waals surface area contributed by atoms with Crippen LogP contribution in [0, 0.1) is 6.92 Å². The third-order valence-corrected chi connectivity index (χ3v) is 5.49. The molecular formula is C19H25N7O4. The van der Waals surface area contributed by atoms with E-state index in [0.717, 1.165) is 5.69 Å². The molecular weight excluding hydrogens is 390 g/mol. The highest BCUT2D eigenvalue weighted by atomic mass is 16.5. The Morgan fingerprint density at radius 1 is 1.03 bits per heavy atom. The van der Waals surface area contributed by atoms with E-state index >= 15 is 0 Å². The number of rotatable bonds is 4. The number of morpholine rings is 1. The van der Waals surface area contributed by atoms with Crippen LogP contribution in [0.5, 0.6) is 0 Å². The average Bonchev–Trinajstić information content (AvgIpc) is 3.22. The summed E-state index contributed by atoms with van der Waals surface area (Å²) in [6.07, 6.45) is 5.39. The van der Waals surface area contributed by atoms with Crippen molar-refractivity contribution in [3.63, 3.8) is 0 Å². The maximum Gasteiger partial charge on any atom is 0.276 e. The molecule has 2 aromatic rings. The molecule has 11 heteroatoms. The summed E-state index contributed by atoms with van der Waals surface area (Å²) in [7, 11) is 0. The second-order valence-electron chi connectivity index (χ2n) is 7.77. The van der Waals surface area contributed by atoms with Gasteiger partial charge in [-0.3, -0.25) is 14.6 Å². The van der Waals surface area contributed by atoms with Crippen molar-refractivity contribution in [2.24, 2.45) is 0 Å². The van der Waals surface area contributed by atoms with E-state index in [1.807, 2.05) is 6.92 Å². The number of hydrogen-bond acceptors (Lipinski definition) is 8. The van der Waals surface area contributed by atoms with E-state index in [-0.39, 0.29) is 24.1 Å². The number of piperidine rings is 1. The van der Waals surface area contributed by atoms with Gasteiger partial charge in [0.2, 0.25) is 0 Å². The first-order chi connectivity index (χ1) is 14.4. The van der Waals surface area contributed by atoms with Crippen LogP contribution >= 0.6 is 0 Å². The normalized spacial score (nSPS) is 19.0. The van der Waals surface area contributed by atoms with Crippen LogP contribution in [-0.2, 0) is 11.3 Å².